The number of benzene rings is 2. The Bertz CT molecular complexity index is 1230. The van der Waals surface area contributed by atoms with E-state index in [9.17, 15) is 20.2 Å². The molecule has 3 rings (SSSR count). The summed E-state index contributed by atoms with van der Waals surface area (Å²) in [5.41, 5.74) is 0.0637. The molecule has 3 aromatic rings. The highest BCUT2D eigenvalue weighted by molar-refractivity contribution is 7.99. The molecule has 0 radical (unpaired) electrons. The van der Waals surface area contributed by atoms with E-state index in [0.717, 1.165) is 11.8 Å². The first-order chi connectivity index (χ1) is 14.9. The monoisotopic (exact) mass is 471 g/mol. The summed E-state index contributed by atoms with van der Waals surface area (Å²) < 4.78 is 0. The number of halogens is 2. The lowest BCUT2D eigenvalue weighted by atomic mass is 10.1. The zero-order valence-corrected chi connectivity index (χ0v) is 17.8. The smallest absolute Gasteiger partial charge is 0.283 e. The molecule has 0 aliphatic heterocycles. The van der Waals surface area contributed by atoms with Gasteiger partial charge in [0.15, 0.2) is 5.16 Å². The van der Waals surface area contributed by atoms with Gasteiger partial charge >= 0.3 is 0 Å². The van der Waals surface area contributed by atoms with Gasteiger partial charge in [-0.05, 0) is 47.7 Å². The lowest BCUT2D eigenvalue weighted by molar-refractivity contribution is -0.387. The third-order valence-electron chi connectivity index (χ3n) is 3.80. The van der Waals surface area contributed by atoms with Crippen LogP contribution in [0.1, 0.15) is 5.56 Å². The number of nitrogens with zero attached hydrogens (tertiary/aromatic N) is 4. The van der Waals surface area contributed by atoms with Crippen LogP contribution in [0.4, 0.5) is 11.4 Å². The van der Waals surface area contributed by atoms with Crippen LogP contribution in [0.2, 0.25) is 10.0 Å². The third-order valence-corrected chi connectivity index (χ3v) is 5.58. The molecule has 154 valence electrons. The summed E-state index contributed by atoms with van der Waals surface area (Å²) >= 11 is 13.0. The van der Waals surface area contributed by atoms with Crippen molar-refractivity contribution in [3.63, 3.8) is 0 Å². The second-order valence-electron chi connectivity index (χ2n) is 5.84. The van der Waals surface area contributed by atoms with Crippen molar-refractivity contribution in [1.29, 1.82) is 5.26 Å². The van der Waals surface area contributed by atoms with Crippen molar-refractivity contribution in [1.82, 2.24) is 9.97 Å². The number of carbonyl (C=O) groups excluding carboxylic acids is 1. The number of hydrogen-bond donors (Lipinski definition) is 1. The molecule has 1 aromatic heterocycles. The molecule has 0 fully saturated rings. The number of nitrogens with one attached hydrogen (secondary N) is 1. The van der Waals surface area contributed by atoms with Gasteiger partial charge in [-0.2, -0.15) is 5.26 Å². The molecule has 1 N–H and O–H groups in total. The molecule has 31 heavy (non-hydrogen) atoms. The first-order valence-corrected chi connectivity index (χ1v) is 10.1. The molecule has 0 aliphatic rings. The Balaban J connectivity index is 1.89. The molecule has 0 bridgehead atoms. The standard InChI is InChI=1S/C20H11Cl2N5O3S/c21-14-3-1-4-15(18(14)22)26-19(28)13(11-23)9-12-5-6-17(16(10-12)27(29)30)31-20-24-7-2-8-25-20/h1-10H,(H,26,28). The number of rotatable bonds is 6. The predicted octanol–water partition coefficient (Wildman–Crippen LogP) is 5.39. The number of aromatic nitrogens is 2. The molecule has 0 saturated heterocycles. The Morgan fingerprint density at radius 3 is 2.61 bits per heavy atom. The maximum atomic E-state index is 12.5. The molecule has 2 aromatic carbocycles. The molecular formula is C20H11Cl2N5O3S. The molecule has 0 atom stereocenters. The second kappa shape index (κ2) is 10.0. The third kappa shape index (κ3) is 5.58. The van der Waals surface area contributed by atoms with Crippen molar-refractivity contribution in [3.8, 4) is 6.07 Å². The van der Waals surface area contributed by atoms with Gasteiger partial charge in [-0.15, -0.1) is 0 Å². The van der Waals surface area contributed by atoms with E-state index in [4.69, 9.17) is 23.2 Å². The van der Waals surface area contributed by atoms with E-state index in [1.807, 2.05) is 0 Å². The molecule has 1 heterocycles. The minimum atomic E-state index is -0.731. The highest BCUT2D eigenvalue weighted by Gasteiger charge is 2.18. The summed E-state index contributed by atoms with van der Waals surface area (Å²) in [6.45, 7) is 0. The Morgan fingerprint density at radius 2 is 1.94 bits per heavy atom. The average molecular weight is 472 g/mol. The number of nitro groups is 1. The van der Waals surface area contributed by atoms with Gasteiger partial charge in [0.2, 0.25) is 0 Å². The quantitative estimate of drug-likeness (QED) is 0.168. The van der Waals surface area contributed by atoms with E-state index in [0.29, 0.717) is 15.6 Å². The minimum absolute atomic E-state index is 0.134. The maximum Gasteiger partial charge on any atom is 0.283 e. The Morgan fingerprint density at radius 1 is 1.19 bits per heavy atom. The van der Waals surface area contributed by atoms with E-state index in [-0.39, 0.29) is 27.0 Å². The van der Waals surface area contributed by atoms with Crippen molar-refractivity contribution in [2.75, 3.05) is 5.32 Å². The van der Waals surface area contributed by atoms with Gasteiger partial charge in [-0.25, -0.2) is 9.97 Å². The fourth-order valence-corrected chi connectivity index (χ4v) is 3.54. The predicted molar refractivity (Wildman–Crippen MR) is 118 cm³/mol. The van der Waals surface area contributed by atoms with Gasteiger partial charge in [0, 0.05) is 18.5 Å². The molecular weight excluding hydrogens is 461 g/mol. The lowest BCUT2D eigenvalue weighted by Crippen LogP contribution is -2.13. The number of nitro benzene ring substituents is 1. The van der Waals surface area contributed by atoms with Gasteiger partial charge in [0.05, 0.1) is 25.6 Å². The van der Waals surface area contributed by atoms with Crippen LogP contribution >= 0.6 is 35.0 Å². The van der Waals surface area contributed by atoms with Crippen molar-refractivity contribution in [3.05, 3.63) is 86.2 Å². The molecule has 0 saturated carbocycles. The maximum absolute atomic E-state index is 12.5. The summed E-state index contributed by atoms with van der Waals surface area (Å²) in [6, 6.07) is 12.4. The molecule has 0 spiro atoms. The topological polar surface area (TPSA) is 122 Å². The van der Waals surface area contributed by atoms with E-state index >= 15 is 0 Å². The van der Waals surface area contributed by atoms with Crippen LogP contribution in [0.5, 0.6) is 0 Å². The van der Waals surface area contributed by atoms with E-state index in [1.165, 1.54) is 36.7 Å². The van der Waals surface area contributed by atoms with E-state index in [2.05, 4.69) is 15.3 Å². The average Bonchev–Trinajstić information content (AvgIpc) is 2.76. The zero-order valence-electron chi connectivity index (χ0n) is 15.5. The summed E-state index contributed by atoms with van der Waals surface area (Å²) in [6.07, 6.45) is 4.30. The van der Waals surface area contributed by atoms with E-state index < -0.39 is 10.8 Å². The summed E-state index contributed by atoms with van der Waals surface area (Å²) in [5.74, 6) is -0.731. The minimum Gasteiger partial charge on any atom is -0.320 e. The van der Waals surface area contributed by atoms with Gasteiger partial charge < -0.3 is 5.32 Å². The van der Waals surface area contributed by atoms with Gasteiger partial charge in [0.1, 0.15) is 11.6 Å². The Labute approximate surface area is 190 Å². The first kappa shape index (κ1) is 22.2. The van der Waals surface area contributed by atoms with Crippen molar-refractivity contribution in [2.24, 2.45) is 0 Å². The van der Waals surface area contributed by atoms with Crippen LogP contribution < -0.4 is 5.32 Å². The highest BCUT2D eigenvalue weighted by atomic mass is 35.5. The number of anilines is 1. The number of hydrogen-bond acceptors (Lipinski definition) is 7. The second-order valence-corrected chi connectivity index (χ2v) is 7.64. The first-order valence-electron chi connectivity index (χ1n) is 8.49. The molecule has 0 unspecified atom stereocenters. The van der Waals surface area contributed by atoms with Crippen LogP contribution in [0.25, 0.3) is 6.08 Å². The Hall–Kier alpha value is -3.45. The summed E-state index contributed by atoms with van der Waals surface area (Å²) in [4.78, 5) is 31.8. The zero-order chi connectivity index (χ0) is 22.4. The van der Waals surface area contributed by atoms with Crippen LogP contribution in [0.15, 0.2) is 70.5 Å². The van der Waals surface area contributed by atoms with Crippen LogP contribution in [0.3, 0.4) is 0 Å². The summed E-state index contributed by atoms with van der Waals surface area (Å²) in [7, 11) is 0. The Kier molecular flexibility index (Phi) is 7.20. The van der Waals surface area contributed by atoms with Crippen LogP contribution in [-0.4, -0.2) is 20.8 Å². The number of carbonyl (C=O) groups is 1. The number of nitriles is 1. The lowest BCUT2D eigenvalue weighted by Gasteiger charge is -2.07. The molecule has 1 amide bonds. The SMILES string of the molecule is N#CC(=Cc1ccc(Sc2ncccn2)c([N+](=O)[O-])c1)C(=O)Nc1cccc(Cl)c1Cl. The van der Waals surface area contributed by atoms with Gasteiger partial charge in [0.25, 0.3) is 11.6 Å². The molecule has 8 nitrogen and oxygen atoms in total. The number of amides is 1. The fraction of sp³-hybridized carbons (Fsp3) is 0. The van der Waals surface area contributed by atoms with Crippen molar-refractivity contribution >= 4 is 58.3 Å². The van der Waals surface area contributed by atoms with Gasteiger partial charge in [-0.1, -0.05) is 35.3 Å². The summed E-state index contributed by atoms with van der Waals surface area (Å²) in [5, 5.41) is 24.2. The van der Waals surface area contributed by atoms with Crippen molar-refractivity contribution < 1.29 is 9.72 Å². The van der Waals surface area contributed by atoms with Crippen LogP contribution in [0, 0.1) is 21.4 Å². The molecule has 11 heteroatoms. The van der Waals surface area contributed by atoms with E-state index in [1.54, 1.807) is 30.3 Å². The normalized spacial score (nSPS) is 10.9. The molecule has 0 aliphatic carbocycles. The highest BCUT2D eigenvalue weighted by Crippen LogP contribution is 2.34. The van der Waals surface area contributed by atoms with Crippen LogP contribution in [-0.2, 0) is 4.79 Å². The van der Waals surface area contributed by atoms with Crippen molar-refractivity contribution in [2.45, 2.75) is 10.1 Å². The van der Waals surface area contributed by atoms with Gasteiger partial charge in [-0.3, -0.25) is 14.9 Å². The largest absolute Gasteiger partial charge is 0.320 e. The fourth-order valence-electron chi connectivity index (χ4n) is 2.39.